The standard InChI is InChI=1S/C23H22F7N3O8S/c1-3-15(33-8-10(23(28,29)30)5-14(22(33)38)32-42(39,40)4-2)21(37)31-13(7-17(35)36)16(34)9-41-20-18(26)11(24)6-12(25)19(20)27/h5-6,8,13,15,32H,3-4,7,9H2,1-2H3,(H,31,37)(H,35,36)/t13?,15-/m0/s1. The average molecular weight is 633 g/mol. The first-order valence-electron chi connectivity index (χ1n) is 11.7. The smallest absolute Gasteiger partial charge is 0.417 e. The number of pyridine rings is 1. The van der Waals surface area contributed by atoms with Gasteiger partial charge in [-0.3, -0.25) is 23.9 Å². The maximum Gasteiger partial charge on any atom is 0.417 e. The second-order valence-corrected chi connectivity index (χ2v) is 10.5. The van der Waals surface area contributed by atoms with E-state index >= 15 is 0 Å². The number of hydrogen-bond acceptors (Lipinski definition) is 7. The van der Waals surface area contributed by atoms with Crippen molar-refractivity contribution < 1.29 is 63.4 Å². The zero-order chi connectivity index (χ0) is 32.2. The predicted molar refractivity (Wildman–Crippen MR) is 129 cm³/mol. The highest BCUT2D eigenvalue weighted by atomic mass is 32.2. The number of carbonyl (C=O) groups is 3. The quantitative estimate of drug-likeness (QED) is 0.224. The maximum atomic E-state index is 13.8. The van der Waals surface area contributed by atoms with E-state index in [1.165, 1.54) is 6.92 Å². The number of anilines is 1. The Morgan fingerprint density at radius 3 is 2.10 bits per heavy atom. The molecule has 2 rings (SSSR count). The molecule has 0 radical (unpaired) electrons. The van der Waals surface area contributed by atoms with Crippen molar-refractivity contribution in [2.45, 2.75) is 44.9 Å². The van der Waals surface area contributed by atoms with E-state index in [0.717, 1.165) is 6.92 Å². The van der Waals surface area contributed by atoms with Gasteiger partial charge in [0.1, 0.15) is 24.4 Å². The summed E-state index contributed by atoms with van der Waals surface area (Å²) in [5.41, 5.74) is -4.00. The predicted octanol–water partition coefficient (Wildman–Crippen LogP) is 2.74. The lowest BCUT2D eigenvalue weighted by Gasteiger charge is -2.23. The third kappa shape index (κ3) is 8.20. The van der Waals surface area contributed by atoms with Crippen LogP contribution >= 0.6 is 0 Å². The van der Waals surface area contributed by atoms with Crippen molar-refractivity contribution >= 4 is 33.4 Å². The number of carboxylic acids is 1. The number of rotatable bonds is 13. The van der Waals surface area contributed by atoms with Crippen molar-refractivity contribution in [3.8, 4) is 5.75 Å². The average Bonchev–Trinajstić information content (AvgIpc) is 2.88. The zero-order valence-corrected chi connectivity index (χ0v) is 22.3. The Morgan fingerprint density at radius 2 is 1.62 bits per heavy atom. The number of ketones is 1. The molecule has 0 aliphatic rings. The number of aliphatic carboxylic acids is 1. The molecule has 0 spiro atoms. The molecule has 232 valence electrons. The van der Waals surface area contributed by atoms with Gasteiger partial charge in [0.05, 0.1) is 17.7 Å². The van der Waals surface area contributed by atoms with Crippen LogP contribution in [0, 0.1) is 23.3 Å². The molecule has 1 amide bonds. The largest absolute Gasteiger partial charge is 0.481 e. The molecule has 1 aromatic heterocycles. The van der Waals surface area contributed by atoms with Gasteiger partial charge in [-0.05, 0) is 19.4 Å². The number of Topliss-reactive ketones (excluding diaryl/α,β-unsaturated/α-hetero) is 1. The molecule has 1 unspecified atom stereocenters. The highest BCUT2D eigenvalue weighted by molar-refractivity contribution is 7.92. The van der Waals surface area contributed by atoms with Crippen molar-refractivity contribution in [3.63, 3.8) is 0 Å². The van der Waals surface area contributed by atoms with Gasteiger partial charge in [-0.1, -0.05) is 6.92 Å². The summed E-state index contributed by atoms with van der Waals surface area (Å²) in [6.45, 7) is 0.917. The van der Waals surface area contributed by atoms with Crippen LogP contribution in [0.1, 0.15) is 38.3 Å². The summed E-state index contributed by atoms with van der Waals surface area (Å²) in [6, 6.07) is -3.89. The summed E-state index contributed by atoms with van der Waals surface area (Å²) in [7, 11) is -4.27. The van der Waals surface area contributed by atoms with Crippen LogP contribution in [0.25, 0.3) is 0 Å². The van der Waals surface area contributed by atoms with E-state index in [0.29, 0.717) is 0 Å². The minimum Gasteiger partial charge on any atom is -0.481 e. The van der Waals surface area contributed by atoms with Gasteiger partial charge in [-0.15, -0.1) is 0 Å². The van der Waals surface area contributed by atoms with E-state index < -0.39 is 117 Å². The van der Waals surface area contributed by atoms with Gasteiger partial charge in [-0.2, -0.15) is 22.0 Å². The number of alkyl halides is 3. The summed E-state index contributed by atoms with van der Waals surface area (Å²) >= 11 is 0. The fourth-order valence-corrected chi connectivity index (χ4v) is 4.05. The summed E-state index contributed by atoms with van der Waals surface area (Å²) in [5, 5.41) is 11.0. The number of aromatic nitrogens is 1. The van der Waals surface area contributed by atoms with E-state index in [1.807, 2.05) is 5.32 Å². The van der Waals surface area contributed by atoms with Crippen LogP contribution in [-0.2, 0) is 30.6 Å². The number of carboxylic acid groups (broad SMARTS) is 1. The molecule has 0 saturated heterocycles. The molecule has 0 bridgehead atoms. The van der Waals surface area contributed by atoms with Crippen LogP contribution in [0.2, 0.25) is 0 Å². The second kappa shape index (κ2) is 13.2. The van der Waals surface area contributed by atoms with Gasteiger partial charge in [0.25, 0.3) is 5.56 Å². The van der Waals surface area contributed by atoms with Gasteiger partial charge in [0.2, 0.25) is 27.6 Å². The van der Waals surface area contributed by atoms with Crippen molar-refractivity contribution in [2.75, 3.05) is 17.1 Å². The third-order valence-corrected chi connectivity index (χ3v) is 6.85. The number of ether oxygens (including phenoxy) is 1. The Labute approximate surface area is 232 Å². The fraction of sp³-hybridized carbons (Fsp3) is 0.391. The second-order valence-electron chi connectivity index (χ2n) is 8.49. The lowest BCUT2D eigenvalue weighted by atomic mass is 10.1. The number of sulfonamides is 1. The van der Waals surface area contributed by atoms with Gasteiger partial charge >= 0.3 is 12.1 Å². The van der Waals surface area contributed by atoms with Gasteiger partial charge in [-0.25, -0.2) is 17.2 Å². The van der Waals surface area contributed by atoms with Crippen molar-refractivity contribution in [3.05, 3.63) is 57.5 Å². The molecule has 42 heavy (non-hydrogen) atoms. The van der Waals surface area contributed by atoms with E-state index in [-0.39, 0.29) is 22.9 Å². The molecular formula is C23H22F7N3O8S. The number of benzene rings is 1. The lowest BCUT2D eigenvalue weighted by Crippen LogP contribution is -2.48. The first-order chi connectivity index (χ1) is 19.3. The lowest BCUT2D eigenvalue weighted by molar-refractivity contribution is -0.141. The molecule has 11 nitrogen and oxygen atoms in total. The maximum absolute atomic E-state index is 13.8. The number of carbonyl (C=O) groups excluding carboxylic acids is 2. The summed E-state index contributed by atoms with van der Waals surface area (Å²) < 4.78 is 125. The summed E-state index contributed by atoms with van der Waals surface area (Å²) in [4.78, 5) is 49.8. The van der Waals surface area contributed by atoms with Gasteiger partial charge < -0.3 is 19.7 Å². The number of amides is 1. The topological polar surface area (TPSA) is 161 Å². The zero-order valence-electron chi connectivity index (χ0n) is 21.5. The molecule has 19 heteroatoms. The molecule has 1 heterocycles. The minimum atomic E-state index is -5.13. The van der Waals surface area contributed by atoms with E-state index in [1.54, 1.807) is 4.72 Å². The highest BCUT2D eigenvalue weighted by Crippen LogP contribution is 2.31. The SMILES string of the molecule is CC[C@@H](C(=O)NC(CC(=O)O)C(=O)COc1c(F)c(F)cc(F)c1F)n1cc(C(F)(F)F)cc(NS(=O)(=O)CC)c1=O. The number of nitrogens with one attached hydrogen (secondary N) is 2. The van der Waals surface area contributed by atoms with E-state index in [4.69, 9.17) is 5.11 Å². The van der Waals surface area contributed by atoms with Gasteiger partial charge in [0, 0.05) is 12.3 Å². The molecule has 0 saturated carbocycles. The van der Waals surface area contributed by atoms with Gasteiger partial charge in [0.15, 0.2) is 23.2 Å². The molecular weight excluding hydrogens is 611 g/mol. The van der Waals surface area contributed by atoms with E-state index in [9.17, 15) is 58.3 Å². The Balaban J connectivity index is 2.44. The van der Waals surface area contributed by atoms with Crippen LogP contribution < -0.4 is 20.3 Å². The molecule has 1 aromatic carbocycles. The normalized spacial score (nSPS) is 13.3. The molecule has 2 atom stereocenters. The van der Waals surface area contributed by atoms with Crippen molar-refractivity contribution in [1.29, 1.82) is 0 Å². The number of hydrogen-bond donors (Lipinski definition) is 3. The Kier molecular flexibility index (Phi) is 10.7. The fourth-order valence-electron chi connectivity index (χ4n) is 3.42. The first-order valence-corrected chi connectivity index (χ1v) is 13.3. The number of nitrogens with zero attached hydrogens (tertiary/aromatic N) is 1. The molecule has 0 aliphatic carbocycles. The Morgan fingerprint density at radius 1 is 1.05 bits per heavy atom. The Bertz CT molecular complexity index is 1520. The molecule has 2 aromatic rings. The van der Waals surface area contributed by atoms with Crippen molar-refractivity contribution in [1.82, 2.24) is 9.88 Å². The van der Waals surface area contributed by atoms with Crippen LogP contribution in [-0.4, -0.2) is 54.2 Å². The molecule has 3 N–H and O–H groups in total. The van der Waals surface area contributed by atoms with E-state index in [2.05, 4.69) is 4.74 Å². The van der Waals surface area contributed by atoms with Crippen LogP contribution in [0.3, 0.4) is 0 Å². The summed E-state index contributed by atoms with van der Waals surface area (Å²) in [6.07, 6.45) is -6.57. The monoisotopic (exact) mass is 633 g/mol. The first kappa shape index (κ1) is 34.0. The van der Waals surface area contributed by atoms with Crippen molar-refractivity contribution in [2.24, 2.45) is 0 Å². The number of halogens is 7. The van der Waals surface area contributed by atoms with Crippen LogP contribution in [0.4, 0.5) is 36.4 Å². The van der Waals surface area contributed by atoms with Crippen LogP contribution in [0.15, 0.2) is 23.1 Å². The minimum absolute atomic E-state index is 0.147. The highest BCUT2D eigenvalue weighted by Gasteiger charge is 2.35. The molecule has 0 fully saturated rings. The van der Waals surface area contributed by atoms with Crippen LogP contribution in [0.5, 0.6) is 5.75 Å². The Hall–Kier alpha value is -4.16. The summed E-state index contributed by atoms with van der Waals surface area (Å²) in [5.74, 6) is -14.6. The molecule has 0 aliphatic heterocycles. The third-order valence-electron chi connectivity index (χ3n) is 5.56.